The van der Waals surface area contributed by atoms with Crippen molar-refractivity contribution < 1.29 is 28.6 Å². The Hall–Kier alpha value is -1.59. The zero-order chi connectivity index (χ0) is 44.7. The van der Waals surface area contributed by atoms with Gasteiger partial charge in [0.25, 0.3) is 0 Å². The number of unbranched alkanes of at least 4 members (excludes halogenated alkanes) is 33. The van der Waals surface area contributed by atoms with E-state index in [0.717, 1.165) is 69.6 Å². The van der Waals surface area contributed by atoms with E-state index in [0.29, 0.717) is 19.3 Å². The molecule has 0 aliphatic heterocycles. The topological polar surface area (TPSA) is 78.9 Å². The molecule has 0 radical (unpaired) electrons. The summed E-state index contributed by atoms with van der Waals surface area (Å²) < 4.78 is 16.8. The summed E-state index contributed by atoms with van der Waals surface area (Å²) in [6, 6.07) is 0. The maximum absolute atomic E-state index is 12.8. The van der Waals surface area contributed by atoms with Crippen LogP contribution in [0.2, 0.25) is 0 Å². The Kier molecular flexibility index (Phi) is 46.6. The minimum atomic E-state index is -0.762. The van der Waals surface area contributed by atoms with Crippen molar-refractivity contribution in [3.8, 4) is 0 Å². The Balaban J connectivity index is 4.30. The lowest BCUT2D eigenvalue weighted by Crippen LogP contribution is -2.30. The summed E-state index contributed by atoms with van der Waals surface area (Å²) in [5.41, 5.74) is 0. The number of rotatable bonds is 49. The van der Waals surface area contributed by atoms with E-state index in [1.54, 1.807) is 0 Å². The van der Waals surface area contributed by atoms with Gasteiger partial charge in [-0.1, -0.05) is 266 Å². The second kappa shape index (κ2) is 47.9. The third kappa shape index (κ3) is 47.7. The van der Waals surface area contributed by atoms with Crippen molar-refractivity contribution in [2.24, 2.45) is 11.8 Å². The van der Waals surface area contributed by atoms with Crippen LogP contribution in [0.1, 0.15) is 304 Å². The number of ether oxygens (including phenoxy) is 3. The predicted molar refractivity (Wildman–Crippen MR) is 261 cm³/mol. The Labute approximate surface area is 380 Å². The molecule has 0 aromatic carbocycles. The Morgan fingerprint density at radius 2 is 0.623 bits per heavy atom. The monoisotopic (exact) mass is 863 g/mol. The Morgan fingerprint density at radius 3 is 0.934 bits per heavy atom. The normalized spacial score (nSPS) is 12.5. The highest BCUT2D eigenvalue weighted by Crippen LogP contribution is 2.18. The van der Waals surface area contributed by atoms with Crippen molar-refractivity contribution in [2.45, 2.75) is 310 Å². The van der Waals surface area contributed by atoms with E-state index in [4.69, 9.17) is 14.2 Å². The molecule has 0 aliphatic rings. The molecule has 0 heterocycles. The van der Waals surface area contributed by atoms with Gasteiger partial charge in [0, 0.05) is 19.3 Å². The maximum atomic E-state index is 12.8. The summed E-state index contributed by atoms with van der Waals surface area (Å²) >= 11 is 0. The summed E-state index contributed by atoms with van der Waals surface area (Å²) in [5, 5.41) is 0. The van der Waals surface area contributed by atoms with E-state index in [2.05, 4.69) is 34.6 Å². The van der Waals surface area contributed by atoms with E-state index in [1.165, 1.54) is 193 Å². The molecule has 0 bridgehead atoms. The van der Waals surface area contributed by atoms with Gasteiger partial charge >= 0.3 is 17.9 Å². The maximum Gasteiger partial charge on any atom is 0.306 e. The highest BCUT2D eigenvalue weighted by atomic mass is 16.6. The van der Waals surface area contributed by atoms with Crippen molar-refractivity contribution in [1.29, 1.82) is 0 Å². The Bertz CT molecular complexity index is 933. The second-order valence-electron chi connectivity index (χ2n) is 19.6. The number of carbonyl (C=O) groups is 3. The van der Waals surface area contributed by atoms with Crippen LogP contribution in [0.5, 0.6) is 0 Å². The van der Waals surface area contributed by atoms with Gasteiger partial charge in [0.05, 0.1) is 0 Å². The van der Waals surface area contributed by atoms with Crippen LogP contribution in [0.15, 0.2) is 0 Å². The molecule has 362 valence electrons. The standard InChI is InChI=1S/C55H106O6/c1-6-8-9-10-11-12-13-14-15-18-21-24-30-35-40-45-53(56)59-48-52(61-55(58)47-42-37-32-27-26-29-34-39-44-51(5)7-2)49-60-54(57)46-41-36-31-25-22-19-16-17-20-23-28-33-38-43-50(3)4/h50-52H,6-49H2,1-5H3/t51?,52-/m0/s1. The average Bonchev–Trinajstić information content (AvgIpc) is 3.24. The number of hydrogen-bond acceptors (Lipinski definition) is 6. The van der Waals surface area contributed by atoms with E-state index in [1.807, 2.05) is 0 Å². The molecule has 0 fully saturated rings. The van der Waals surface area contributed by atoms with Crippen LogP contribution in [0, 0.1) is 11.8 Å². The van der Waals surface area contributed by atoms with Crippen LogP contribution in [0.25, 0.3) is 0 Å². The largest absolute Gasteiger partial charge is 0.462 e. The minimum Gasteiger partial charge on any atom is -0.462 e. The predicted octanol–water partition coefficient (Wildman–Crippen LogP) is 17.7. The lowest BCUT2D eigenvalue weighted by atomic mass is 9.99. The quantitative estimate of drug-likeness (QED) is 0.0344. The van der Waals surface area contributed by atoms with E-state index < -0.39 is 6.10 Å². The van der Waals surface area contributed by atoms with E-state index in [-0.39, 0.29) is 31.1 Å². The molecular formula is C55H106O6. The molecule has 0 aromatic heterocycles. The van der Waals surface area contributed by atoms with Gasteiger partial charge in [0.15, 0.2) is 6.10 Å². The zero-order valence-electron chi connectivity index (χ0n) is 41.8. The minimum absolute atomic E-state index is 0.0636. The van der Waals surface area contributed by atoms with Gasteiger partial charge in [-0.3, -0.25) is 14.4 Å². The lowest BCUT2D eigenvalue weighted by molar-refractivity contribution is -0.167. The third-order valence-electron chi connectivity index (χ3n) is 12.8. The summed E-state index contributed by atoms with van der Waals surface area (Å²) in [7, 11) is 0. The molecule has 0 spiro atoms. The fraction of sp³-hybridized carbons (Fsp3) is 0.945. The molecule has 0 aliphatic carbocycles. The number of esters is 3. The van der Waals surface area contributed by atoms with Crippen LogP contribution in [-0.4, -0.2) is 37.2 Å². The van der Waals surface area contributed by atoms with E-state index in [9.17, 15) is 14.4 Å². The zero-order valence-corrected chi connectivity index (χ0v) is 41.8. The van der Waals surface area contributed by atoms with Gasteiger partial charge in [0.1, 0.15) is 13.2 Å². The molecule has 0 aromatic rings. The van der Waals surface area contributed by atoms with Crippen LogP contribution >= 0.6 is 0 Å². The highest BCUT2D eigenvalue weighted by Gasteiger charge is 2.19. The second-order valence-corrected chi connectivity index (χ2v) is 19.6. The fourth-order valence-corrected chi connectivity index (χ4v) is 8.31. The first-order chi connectivity index (χ1) is 29.8. The first-order valence-electron chi connectivity index (χ1n) is 27.3. The molecule has 0 amide bonds. The van der Waals surface area contributed by atoms with Gasteiger partial charge in [-0.05, 0) is 31.1 Å². The van der Waals surface area contributed by atoms with Crippen molar-refractivity contribution in [2.75, 3.05) is 13.2 Å². The van der Waals surface area contributed by atoms with Crippen LogP contribution < -0.4 is 0 Å². The summed E-state index contributed by atoms with van der Waals surface area (Å²) in [6.45, 7) is 11.4. The SMILES string of the molecule is CCCCCCCCCCCCCCCCCC(=O)OC[C@@H](COC(=O)CCCCCCCCCCCCCCCC(C)C)OC(=O)CCCCCCCCCCC(C)CC. The molecule has 1 unspecified atom stereocenters. The molecule has 6 heteroatoms. The van der Waals surface area contributed by atoms with Crippen LogP contribution in [0.3, 0.4) is 0 Å². The van der Waals surface area contributed by atoms with Gasteiger partial charge in [-0.2, -0.15) is 0 Å². The molecule has 0 saturated carbocycles. The molecule has 61 heavy (non-hydrogen) atoms. The molecule has 6 nitrogen and oxygen atoms in total. The van der Waals surface area contributed by atoms with Crippen LogP contribution in [-0.2, 0) is 28.6 Å². The first kappa shape index (κ1) is 59.4. The lowest BCUT2D eigenvalue weighted by Gasteiger charge is -2.18. The molecule has 0 rings (SSSR count). The molecule has 0 N–H and O–H groups in total. The summed E-state index contributed by atoms with van der Waals surface area (Å²) in [5.74, 6) is 0.839. The van der Waals surface area contributed by atoms with Crippen molar-refractivity contribution in [3.05, 3.63) is 0 Å². The highest BCUT2D eigenvalue weighted by molar-refractivity contribution is 5.71. The average molecular weight is 863 g/mol. The van der Waals surface area contributed by atoms with Crippen molar-refractivity contribution in [3.63, 3.8) is 0 Å². The molecular weight excluding hydrogens is 757 g/mol. The van der Waals surface area contributed by atoms with Gasteiger partial charge < -0.3 is 14.2 Å². The smallest absolute Gasteiger partial charge is 0.306 e. The molecule has 0 saturated heterocycles. The van der Waals surface area contributed by atoms with Gasteiger partial charge in [0.2, 0.25) is 0 Å². The number of hydrogen-bond donors (Lipinski definition) is 0. The van der Waals surface area contributed by atoms with Gasteiger partial charge in [-0.15, -0.1) is 0 Å². The van der Waals surface area contributed by atoms with E-state index >= 15 is 0 Å². The number of carbonyl (C=O) groups excluding carboxylic acids is 3. The summed E-state index contributed by atoms with van der Waals surface area (Å²) in [4.78, 5) is 38.0. The Morgan fingerprint density at radius 1 is 0.344 bits per heavy atom. The van der Waals surface area contributed by atoms with Crippen molar-refractivity contribution >= 4 is 17.9 Å². The van der Waals surface area contributed by atoms with Crippen molar-refractivity contribution in [1.82, 2.24) is 0 Å². The van der Waals surface area contributed by atoms with Gasteiger partial charge in [-0.25, -0.2) is 0 Å². The first-order valence-corrected chi connectivity index (χ1v) is 27.3. The van der Waals surface area contributed by atoms with Crippen LogP contribution in [0.4, 0.5) is 0 Å². The fourth-order valence-electron chi connectivity index (χ4n) is 8.31. The summed E-state index contributed by atoms with van der Waals surface area (Å²) in [6.07, 6.45) is 49.4. The third-order valence-corrected chi connectivity index (χ3v) is 12.8. The molecule has 2 atom stereocenters.